The van der Waals surface area contributed by atoms with Gasteiger partial charge in [-0.3, -0.25) is 9.59 Å². The molecular formula is C31H31F4N5O3. The summed E-state index contributed by atoms with van der Waals surface area (Å²) in [6.45, 7) is 1.67. The molecule has 5 rings (SSSR count). The topological polar surface area (TPSA) is 93.8 Å². The van der Waals surface area contributed by atoms with E-state index in [-0.39, 0.29) is 42.3 Å². The van der Waals surface area contributed by atoms with Crippen LogP contribution in [0.4, 0.5) is 39.4 Å². The summed E-state index contributed by atoms with van der Waals surface area (Å²) in [7, 11) is 0. The van der Waals surface area contributed by atoms with Crippen LogP contribution in [0.15, 0.2) is 66.7 Å². The third-order valence-electron chi connectivity index (χ3n) is 7.39. The summed E-state index contributed by atoms with van der Waals surface area (Å²) < 4.78 is 52.6. The number of nitrogens with one attached hydrogen (secondary N) is 3. The lowest BCUT2D eigenvalue weighted by Crippen LogP contribution is -2.38. The maximum atomic E-state index is 13.4. The van der Waals surface area contributed by atoms with Crippen molar-refractivity contribution < 1.29 is 31.9 Å². The molecule has 0 spiro atoms. The van der Waals surface area contributed by atoms with E-state index in [1.807, 2.05) is 4.90 Å². The lowest BCUT2D eigenvalue weighted by Gasteiger charge is -2.26. The van der Waals surface area contributed by atoms with Crippen LogP contribution in [0.5, 0.6) is 0 Å². The first kappa shape index (κ1) is 29.9. The Kier molecular flexibility index (Phi) is 8.84. The van der Waals surface area contributed by atoms with Crippen molar-refractivity contribution in [3.63, 3.8) is 0 Å². The minimum atomic E-state index is -4.52. The number of carbonyl (C=O) groups excluding carboxylic acids is 3. The molecule has 1 aliphatic carbocycles. The van der Waals surface area contributed by atoms with Crippen LogP contribution >= 0.6 is 0 Å². The second-order valence-electron chi connectivity index (χ2n) is 10.6. The van der Waals surface area contributed by atoms with Crippen LogP contribution in [0.2, 0.25) is 0 Å². The predicted octanol–water partition coefficient (Wildman–Crippen LogP) is 5.87. The second kappa shape index (κ2) is 12.7. The van der Waals surface area contributed by atoms with Crippen molar-refractivity contribution in [3.8, 4) is 0 Å². The fourth-order valence-corrected chi connectivity index (χ4v) is 4.88. The summed E-state index contributed by atoms with van der Waals surface area (Å²) in [5.74, 6) is -0.878. The lowest BCUT2D eigenvalue weighted by molar-refractivity contribution is -0.137. The van der Waals surface area contributed by atoms with Gasteiger partial charge < -0.3 is 25.8 Å². The molecule has 0 atom stereocenters. The number of hydrogen-bond donors (Lipinski definition) is 3. The summed E-state index contributed by atoms with van der Waals surface area (Å²) in [5.41, 5.74) is 1.34. The summed E-state index contributed by atoms with van der Waals surface area (Å²) in [4.78, 5) is 42.2. The van der Waals surface area contributed by atoms with Gasteiger partial charge in [0.1, 0.15) is 5.82 Å². The maximum Gasteiger partial charge on any atom is 0.416 e. The number of anilines is 3. The third-order valence-corrected chi connectivity index (χ3v) is 7.39. The predicted molar refractivity (Wildman–Crippen MR) is 154 cm³/mol. The Bertz CT molecular complexity index is 1490. The van der Waals surface area contributed by atoms with E-state index < -0.39 is 17.8 Å². The van der Waals surface area contributed by atoms with Crippen molar-refractivity contribution in [2.45, 2.75) is 32.0 Å². The fraction of sp³-hybridized carbons (Fsp3) is 0.323. The Morgan fingerprint density at radius 3 is 2.30 bits per heavy atom. The highest BCUT2D eigenvalue weighted by molar-refractivity contribution is 6.02. The first-order valence-corrected chi connectivity index (χ1v) is 14.0. The molecule has 0 bridgehead atoms. The van der Waals surface area contributed by atoms with Gasteiger partial charge in [-0.2, -0.15) is 13.2 Å². The van der Waals surface area contributed by atoms with Gasteiger partial charge in [0.15, 0.2) is 0 Å². The third kappa shape index (κ3) is 7.82. The first-order valence-electron chi connectivity index (χ1n) is 14.0. The minimum absolute atomic E-state index is 0.0193. The average Bonchev–Trinajstić information content (AvgIpc) is 3.84. The van der Waals surface area contributed by atoms with E-state index in [9.17, 15) is 31.9 Å². The molecule has 2 aliphatic rings. The number of amides is 4. The highest BCUT2D eigenvalue weighted by Crippen LogP contribution is 2.32. The molecule has 0 unspecified atom stereocenters. The molecule has 3 N–H and O–H groups in total. The highest BCUT2D eigenvalue weighted by atomic mass is 19.4. The molecule has 8 nitrogen and oxygen atoms in total. The molecule has 12 heteroatoms. The van der Waals surface area contributed by atoms with E-state index >= 15 is 0 Å². The summed E-state index contributed by atoms with van der Waals surface area (Å²) in [6, 6.07) is 14.9. The molecule has 226 valence electrons. The van der Waals surface area contributed by atoms with Gasteiger partial charge in [-0.25, -0.2) is 9.18 Å². The number of rotatable bonds is 7. The van der Waals surface area contributed by atoms with Crippen molar-refractivity contribution in [2.24, 2.45) is 5.92 Å². The fourth-order valence-electron chi connectivity index (χ4n) is 4.88. The van der Waals surface area contributed by atoms with Crippen LogP contribution < -0.4 is 20.9 Å². The Balaban J connectivity index is 1.29. The van der Waals surface area contributed by atoms with Crippen LogP contribution in [0.25, 0.3) is 0 Å². The highest BCUT2D eigenvalue weighted by Gasteiger charge is 2.31. The van der Waals surface area contributed by atoms with Gasteiger partial charge in [-0.05, 0) is 73.4 Å². The van der Waals surface area contributed by atoms with Gasteiger partial charge in [0.05, 0.1) is 11.1 Å². The maximum absolute atomic E-state index is 13.4. The number of urea groups is 1. The zero-order valence-electron chi connectivity index (χ0n) is 23.2. The number of halogens is 4. The average molecular weight is 598 g/mol. The van der Waals surface area contributed by atoms with Gasteiger partial charge >= 0.3 is 12.2 Å². The van der Waals surface area contributed by atoms with Crippen molar-refractivity contribution in [1.29, 1.82) is 0 Å². The number of benzene rings is 3. The van der Waals surface area contributed by atoms with Crippen LogP contribution in [0.1, 0.15) is 40.7 Å². The number of hydrogen-bond acceptors (Lipinski definition) is 4. The zero-order valence-corrected chi connectivity index (χ0v) is 23.2. The summed E-state index contributed by atoms with van der Waals surface area (Å²) in [5, 5.41) is 8.28. The van der Waals surface area contributed by atoms with Gasteiger partial charge in [-0.1, -0.05) is 18.2 Å². The van der Waals surface area contributed by atoms with E-state index in [0.29, 0.717) is 48.6 Å². The van der Waals surface area contributed by atoms with Crippen LogP contribution in [0, 0.1) is 11.7 Å². The van der Waals surface area contributed by atoms with E-state index in [0.717, 1.165) is 25.0 Å². The molecule has 1 saturated carbocycles. The van der Waals surface area contributed by atoms with Crippen LogP contribution in [0.3, 0.4) is 0 Å². The smallest absolute Gasteiger partial charge is 0.369 e. The Hall–Kier alpha value is -4.61. The van der Waals surface area contributed by atoms with Gasteiger partial charge in [0.25, 0.3) is 5.91 Å². The van der Waals surface area contributed by atoms with Crippen LogP contribution in [-0.2, 0) is 17.5 Å². The Morgan fingerprint density at radius 2 is 1.58 bits per heavy atom. The first-order chi connectivity index (χ1) is 20.6. The standard InChI is InChI=1S/C31H31F4N5O3/c32-23-9-5-20(6-10-23)19-36-29(42)26-18-25(37-28(41)21-7-8-21)11-12-27(26)39-13-2-14-40(16-15-39)30(43)38-24-4-1-3-22(17-24)31(33,34)35/h1,3-6,9-12,17-18,21H,2,7-8,13-16,19H2,(H,36,42)(H,37,41)(H,38,43). The molecule has 0 aromatic heterocycles. The van der Waals surface area contributed by atoms with E-state index in [2.05, 4.69) is 16.0 Å². The molecule has 4 amide bonds. The molecule has 3 aromatic carbocycles. The largest absolute Gasteiger partial charge is 0.416 e. The zero-order chi connectivity index (χ0) is 30.6. The Labute approximate surface area is 246 Å². The number of carbonyl (C=O) groups is 3. The van der Waals surface area contributed by atoms with Gasteiger partial charge in [-0.15, -0.1) is 0 Å². The van der Waals surface area contributed by atoms with Gasteiger partial charge in [0.2, 0.25) is 5.91 Å². The number of alkyl halides is 3. The van der Waals surface area contributed by atoms with Crippen molar-refractivity contribution in [2.75, 3.05) is 41.7 Å². The minimum Gasteiger partial charge on any atom is -0.369 e. The Morgan fingerprint density at radius 1 is 0.837 bits per heavy atom. The molecule has 1 heterocycles. The molecule has 43 heavy (non-hydrogen) atoms. The second-order valence-corrected chi connectivity index (χ2v) is 10.6. The summed E-state index contributed by atoms with van der Waals surface area (Å²) >= 11 is 0. The molecular weight excluding hydrogens is 566 g/mol. The number of nitrogens with zero attached hydrogens (tertiary/aromatic N) is 2. The normalized spacial score (nSPS) is 15.4. The van der Waals surface area contributed by atoms with Gasteiger partial charge in [0, 0.05) is 55.7 Å². The molecule has 1 aliphatic heterocycles. The molecule has 0 radical (unpaired) electrons. The SMILES string of the molecule is O=C(NCc1ccc(F)cc1)c1cc(NC(=O)C2CC2)ccc1N1CCCN(C(=O)Nc2cccc(C(F)(F)F)c2)CC1. The molecule has 2 fully saturated rings. The van der Waals surface area contributed by atoms with E-state index in [1.54, 1.807) is 30.3 Å². The van der Waals surface area contributed by atoms with Crippen LogP contribution in [-0.4, -0.2) is 48.9 Å². The van der Waals surface area contributed by atoms with E-state index in [4.69, 9.17) is 0 Å². The van der Waals surface area contributed by atoms with Crippen molar-refractivity contribution in [1.82, 2.24) is 10.2 Å². The molecule has 3 aromatic rings. The molecule has 1 saturated heterocycles. The summed E-state index contributed by atoms with van der Waals surface area (Å²) in [6.07, 6.45) is -2.31. The quantitative estimate of drug-likeness (QED) is 0.297. The van der Waals surface area contributed by atoms with E-state index in [1.165, 1.54) is 29.2 Å². The van der Waals surface area contributed by atoms with Crippen molar-refractivity contribution >= 4 is 34.9 Å². The van der Waals surface area contributed by atoms with Crippen molar-refractivity contribution in [3.05, 3.63) is 89.2 Å². The lowest BCUT2D eigenvalue weighted by atomic mass is 10.1. The monoisotopic (exact) mass is 597 g/mol.